The van der Waals surface area contributed by atoms with Gasteiger partial charge in [-0.1, -0.05) is 16.8 Å². The fraction of sp³-hybridized carbons (Fsp3) is 0.222. The maximum atomic E-state index is 13.1. The third kappa shape index (κ3) is 3.70. The van der Waals surface area contributed by atoms with Gasteiger partial charge in [-0.2, -0.15) is 0 Å². The average molecular weight is 459 g/mol. The molecule has 0 saturated carbocycles. The van der Waals surface area contributed by atoms with Crippen molar-refractivity contribution in [3.63, 3.8) is 0 Å². The fourth-order valence-corrected chi connectivity index (χ4v) is 5.02. The largest absolute Gasteiger partial charge is 0.454 e. The van der Waals surface area contributed by atoms with Crippen LogP contribution in [0.5, 0.6) is 11.5 Å². The van der Waals surface area contributed by atoms with Crippen LogP contribution in [0, 0.1) is 13.8 Å². The number of carbonyl (C=O) groups excluding carboxylic acids is 1. The van der Waals surface area contributed by atoms with Gasteiger partial charge in [0.2, 0.25) is 6.77 Å². The quantitative estimate of drug-likeness (QED) is 0.557. The molecule has 0 amide bonds. The van der Waals surface area contributed by atoms with Gasteiger partial charge in [-0.25, -0.2) is 13.1 Å². The van der Waals surface area contributed by atoms with Crippen molar-refractivity contribution in [3.05, 3.63) is 50.3 Å². The number of anilines is 1. The summed E-state index contributed by atoms with van der Waals surface area (Å²) < 4.78 is 73.3. The molecule has 0 bridgehead atoms. The SMILES string of the molecule is [2H]c1c(C)c(CC(=O)c2sccc2S(=O)(=O)N([2H])c2onc(C)c2Cl)c([2H])c2c1OC([2H])O2. The van der Waals surface area contributed by atoms with Crippen LogP contribution >= 0.6 is 22.9 Å². The third-order valence-corrected chi connectivity index (χ3v) is 6.85. The molecule has 1 atom stereocenters. The molecule has 1 N–H and O–H groups in total. The Kier molecular flexibility index (Phi) is 3.88. The van der Waals surface area contributed by atoms with Crippen LogP contribution in [0.4, 0.5) is 5.88 Å². The number of carbonyl (C=O) groups is 1. The monoisotopic (exact) mass is 458 g/mol. The summed E-state index contributed by atoms with van der Waals surface area (Å²) in [6.45, 7) is 1.59. The van der Waals surface area contributed by atoms with E-state index >= 15 is 0 Å². The molecule has 11 heteroatoms. The number of fused-ring (bicyclic) bond motifs is 1. The Morgan fingerprint density at radius 2 is 2.14 bits per heavy atom. The van der Waals surface area contributed by atoms with E-state index in [0.29, 0.717) is 0 Å². The summed E-state index contributed by atoms with van der Waals surface area (Å²) in [5.74, 6) is -1.31. The molecule has 4 rings (SSSR count). The van der Waals surface area contributed by atoms with Gasteiger partial charge in [-0.05, 0) is 48.5 Å². The molecule has 1 unspecified atom stereocenters. The Bertz CT molecular complexity index is 1390. The van der Waals surface area contributed by atoms with Crippen LogP contribution in [0.3, 0.4) is 0 Å². The Morgan fingerprint density at radius 3 is 2.83 bits per heavy atom. The van der Waals surface area contributed by atoms with E-state index in [4.69, 9.17) is 31.1 Å². The molecule has 0 fully saturated rings. The first kappa shape index (κ1) is 15.3. The van der Waals surface area contributed by atoms with Crippen molar-refractivity contribution in [2.75, 3.05) is 11.5 Å². The van der Waals surface area contributed by atoms with Gasteiger partial charge < -0.3 is 14.0 Å². The van der Waals surface area contributed by atoms with Crippen molar-refractivity contribution in [1.29, 1.82) is 0 Å². The first-order valence-corrected chi connectivity index (χ1v) is 10.8. The number of thiophene rings is 1. The predicted molar refractivity (Wildman–Crippen MR) is 107 cm³/mol. The first-order chi connectivity index (χ1) is 15.4. The number of ketones is 1. The van der Waals surface area contributed by atoms with Gasteiger partial charge in [0.05, 0.1) is 7.62 Å². The summed E-state index contributed by atoms with van der Waals surface area (Å²) in [5, 5.41) is 4.77. The number of benzene rings is 1. The normalized spacial score (nSPS) is 17.4. The summed E-state index contributed by atoms with van der Waals surface area (Å²) in [5.41, 5.74) is 0.620. The van der Waals surface area contributed by atoms with E-state index < -0.39 is 39.8 Å². The van der Waals surface area contributed by atoms with Crippen LogP contribution < -0.4 is 14.2 Å². The molecule has 1 aromatic carbocycles. The predicted octanol–water partition coefficient (Wildman–Crippen LogP) is 3.96. The standard InChI is InChI=1S/C18H15ClN2O6S2/c1-9-5-13-14(26-8-25-13)7-11(9)6-12(22)17-15(3-4-28-17)29(23,24)21-18-16(19)10(2)20-27-18/h3-5,7,21H,6,8H2,1-2H3/i5D,7D,8D/hD. The zero-order chi connectivity index (χ0) is 24.2. The van der Waals surface area contributed by atoms with Gasteiger partial charge >= 0.3 is 0 Å². The number of Topliss-reactive ketones (excluding diaryl/α,β-unsaturated/α-hetero) is 1. The van der Waals surface area contributed by atoms with Crippen molar-refractivity contribution in [1.82, 2.24) is 5.16 Å². The molecule has 3 heterocycles. The van der Waals surface area contributed by atoms with Gasteiger partial charge in [0.1, 0.15) is 17.0 Å². The van der Waals surface area contributed by atoms with Gasteiger partial charge in [0.15, 0.2) is 18.7 Å². The minimum absolute atomic E-state index is 0.0443. The fourth-order valence-electron chi connectivity index (χ4n) is 2.56. The lowest BCUT2D eigenvalue weighted by atomic mass is 10.0. The lowest BCUT2D eigenvalue weighted by Gasteiger charge is -2.09. The molecule has 1 aliphatic heterocycles. The number of hydrogen-bond acceptors (Lipinski definition) is 8. The highest BCUT2D eigenvalue weighted by Gasteiger charge is 2.27. The maximum Gasteiger partial charge on any atom is 0.265 e. The molecular weight excluding hydrogens is 440 g/mol. The summed E-state index contributed by atoms with van der Waals surface area (Å²) >= 11 is 6.82. The number of halogens is 1. The zero-order valence-corrected chi connectivity index (χ0v) is 17.4. The van der Waals surface area contributed by atoms with E-state index in [0.717, 1.165) is 11.3 Å². The molecule has 152 valence electrons. The van der Waals surface area contributed by atoms with E-state index in [1.165, 1.54) is 25.3 Å². The van der Waals surface area contributed by atoms with Crippen LogP contribution in [-0.2, 0) is 16.4 Å². The molecular formula is C18H15ClN2O6S2. The van der Waals surface area contributed by atoms with E-state index in [1.807, 2.05) is 0 Å². The topological polar surface area (TPSA) is 108 Å². The highest BCUT2D eigenvalue weighted by atomic mass is 35.5. The second kappa shape index (κ2) is 7.36. The molecule has 0 radical (unpaired) electrons. The number of nitrogens with one attached hydrogen (secondary N) is 1. The Labute approximate surface area is 181 Å². The van der Waals surface area contributed by atoms with E-state index in [9.17, 15) is 13.2 Å². The first-order valence-electron chi connectivity index (χ1n) is 10.1. The minimum atomic E-state index is -4.55. The molecule has 29 heavy (non-hydrogen) atoms. The molecule has 3 aromatic rings. The van der Waals surface area contributed by atoms with Gasteiger partial charge in [-0.3, -0.25) is 4.79 Å². The van der Waals surface area contributed by atoms with E-state index in [1.54, 1.807) is 0 Å². The maximum absolute atomic E-state index is 13.1. The minimum Gasteiger partial charge on any atom is -0.454 e. The van der Waals surface area contributed by atoms with Crippen molar-refractivity contribution in [2.45, 2.75) is 25.2 Å². The second-order valence-corrected chi connectivity index (χ2v) is 8.88. The van der Waals surface area contributed by atoms with E-state index in [2.05, 4.69) is 5.16 Å². The van der Waals surface area contributed by atoms with Crippen molar-refractivity contribution >= 4 is 44.6 Å². The van der Waals surface area contributed by atoms with Crippen LogP contribution in [0.2, 0.25) is 6.43 Å². The lowest BCUT2D eigenvalue weighted by Crippen LogP contribution is -2.16. The van der Waals surface area contributed by atoms with Crippen molar-refractivity contribution in [3.8, 4) is 11.5 Å². The summed E-state index contributed by atoms with van der Waals surface area (Å²) in [6, 6.07) is 0.847. The van der Waals surface area contributed by atoms with Crippen LogP contribution in [0.15, 0.2) is 32.9 Å². The van der Waals surface area contributed by atoms with Crippen molar-refractivity contribution < 1.29 is 32.7 Å². The molecule has 0 aliphatic carbocycles. The molecule has 1 aliphatic rings. The van der Waals surface area contributed by atoms with Crippen LogP contribution in [0.1, 0.15) is 30.6 Å². The molecule has 8 nitrogen and oxygen atoms in total. The number of aryl methyl sites for hydroxylation is 1. The molecule has 0 spiro atoms. The van der Waals surface area contributed by atoms with E-state index in [-0.39, 0.29) is 55.0 Å². The van der Waals surface area contributed by atoms with Crippen LogP contribution in [-0.4, -0.2) is 26.1 Å². The number of hydrogen-bond donors (Lipinski definition) is 1. The average Bonchev–Trinajstić information content (AvgIpc) is 3.49. The number of rotatable bonds is 6. The summed E-state index contributed by atoms with van der Waals surface area (Å²) in [6.07, 6.45) is -0.404. The van der Waals surface area contributed by atoms with Crippen molar-refractivity contribution in [2.24, 2.45) is 0 Å². The highest BCUT2D eigenvalue weighted by molar-refractivity contribution is 7.93. The Balaban J connectivity index is 1.70. The second-order valence-electron chi connectivity index (χ2n) is 6.01. The smallest absolute Gasteiger partial charge is 0.265 e. The Hall–Kier alpha value is -2.56. The summed E-state index contributed by atoms with van der Waals surface area (Å²) in [7, 11) is -4.55. The number of ether oxygens (including phenoxy) is 2. The number of sulfonamides is 1. The van der Waals surface area contributed by atoms with Crippen LogP contribution in [0.25, 0.3) is 0 Å². The zero-order valence-electron chi connectivity index (χ0n) is 19.0. The Morgan fingerprint density at radius 1 is 1.41 bits per heavy atom. The van der Waals surface area contributed by atoms with Gasteiger partial charge in [-0.15, -0.1) is 11.3 Å². The van der Waals surface area contributed by atoms with Gasteiger partial charge in [0, 0.05) is 6.42 Å². The van der Waals surface area contributed by atoms with Gasteiger partial charge in [0.25, 0.3) is 15.9 Å². The highest BCUT2D eigenvalue weighted by Crippen LogP contribution is 2.36. The number of nitrogens with zero attached hydrogens (tertiary/aromatic N) is 1. The third-order valence-electron chi connectivity index (χ3n) is 4.03. The number of aromatic nitrogens is 1. The lowest BCUT2D eigenvalue weighted by molar-refractivity contribution is 0.0994. The molecule has 2 aromatic heterocycles. The summed E-state index contributed by atoms with van der Waals surface area (Å²) in [4.78, 5) is 12.5. The molecule has 0 saturated heterocycles.